The Balaban J connectivity index is 2.79. The smallest absolute Gasteiger partial charge is 0.123 e. The molecule has 0 saturated heterocycles. The molecule has 0 radical (unpaired) electrons. The molecule has 0 saturated carbocycles. The van der Waals surface area contributed by atoms with Gasteiger partial charge < -0.3 is 4.79 Å². The lowest BCUT2D eigenvalue weighted by Crippen LogP contribution is -1.74. The summed E-state index contributed by atoms with van der Waals surface area (Å²) in [5.41, 5.74) is 1.08. The molecular formula is C10H8Br2O. The summed E-state index contributed by atoms with van der Waals surface area (Å²) in [6.45, 7) is 0. The highest BCUT2D eigenvalue weighted by molar-refractivity contribution is 9.13. The minimum absolute atomic E-state index is 0.466. The molecule has 1 nitrogen and oxygen atoms in total. The Hall–Kier alpha value is -0.410. The second kappa shape index (κ2) is 5.35. The number of rotatable bonds is 3. The number of aldehydes is 1. The van der Waals surface area contributed by atoms with Crippen molar-refractivity contribution in [3.8, 4) is 0 Å². The summed E-state index contributed by atoms with van der Waals surface area (Å²) >= 11 is 6.79. The second-order valence-electron chi connectivity index (χ2n) is 2.48. The first kappa shape index (κ1) is 10.7. The van der Waals surface area contributed by atoms with Crippen molar-refractivity contribution in [1.82, 2.24) is 0 Å². The molecule has 3 heteroatoms. The Morgan fingerprint density at radius 3 is 2.62 bits per heavy atom. The third-order valence-corrected chi connectivity index (χ3v) is 3.37. The van der Waals surface area contributed by atoms with Gasteiger partial charge in [0.1, 0.15) is 6.29 Å². The van der Waals surface area contributed by atoms with Crippen LogP contribution in [0.2, 0.25) is 0 Å². The average Bonchev–Trinajstić information content (AvgIpc) is 2.12. The van der Waals surface area contributed by atoms with E-state index in [1.807, 2.05) is 30.4 Å². The lowest BCUT2D eigenvalue weighted by atomic mass is 10.2. The van der Waals surface area contributed by atoms with Crippen LogP contribution in [0.15, 0.2) is 33.2 Å². The van der Waals surface area contributed by atoms with Gasteiger partial charge in [0.2, 0.25) is 0 Å². The normalized spacial score (nSPS) is 10.6. The van der Waals surface area contributed by atoms with Crippen LogP contribution in [0.1, 0.15) is 12.0 Å². The number of halogens is 2. The van der Waals surface area contributed by atoms with Gasteiger partial charge in [-0.15, -0.1) is 0 Å². The molecule has 0 atom stereocenters. The molecule has 0 heterocycles. The summed E-state index contributed by atoms with van der Waals surface area (Å²) < 4.78 is 2.04. The predicted octanol–water partition coefficient (Wildman–Crippen LogP) is 3.81. The molecule has 0 aromatic heterocycles. The molecule has 0 fully saturated rings. The van der Waals surface area contributed by atoms with Gasteiger partial charge in [-0.05, 0) is 49.6 Å². The first-order chi connectivity index (χ1) is 6.24. The van der Waals surface area contributed by atoms with E-state index < -0.39 is 0 Å². The summed E-state index contributed by atoms with van der Waals surface area (Å²) in [5, 5.41) is 0. The van der Waals surface area contributed by atoms with E-state index in [9.17, 15) is 4.79 Å². The Kier molecular flexibility index (Phi) is 4.39. The van der Waals surface area contributed by atoms with Crippen molar-refractivity contribution >= 4 is 44.2 Å². The number of allylic oxidation sites excluding steroid dienone is 1. The molecule has 13 heavy (non-hydrogen) atoms. The number of benzene rings is 1. The molecule has 0 amide bonds. The second-order valence-corrected chi connectivity index (χ2v) is 4.19. The molecule has 0 aliphatic heterocycles. The molecular weight excluding hydrogens is 296 g/mol. The van der Waals surface area contributed by atoms with Gasteiger partial charge in [0.05, 0.1) is 0 Å². The number of carbonyl (C=O) groups is 1. The van der Waals surface area contributed by atoms with E-state index in [1.165, 1.54) is 0 Å². The molecule has 0 unspecified atom stereocenters. The van der Waals surface area contributed by atoms with E-state index in [1.54, 1.807) is 0 Å². The van der Waals surface area contributed by atoms with Crippen molar-refractivity contribution < 1.29 is 4.79 Å². The van der Waals surface area contributed by atoms with Crippen molar-refractivity contribution in [1.29, 1.82) is 0 Å². The molecule has 0 bridgehead atoms. The highest BCUT2D eigenvalue weighted by atomic mass is 79.9. The monoisotopic (exact) mass is 302 g/mol. The minimum atomic E-state index is 0.466. The van der Waals surface area contributed by atoms with Crippen molar-refractivity contribution in [2.75, 3.05) is 0 Å². The van der Waals surface area contributed by atoms with E-state index in [-0.39, 0.29) is 0 Å². The zero-order valence-corrected chi connectivity index (χ0v) is 10.0. The molecule has 0 spiro atoms. The quantitative estimate of drug-likeness (QED) is 0.776. The van der Waals surface area contributed by atoms with Gasteiger partial charge in [-0.1, -0.05) is 18.2 Å². The largest absolute Gasteiger partial charge is 0.303 e. The first-order valence-electron chi connectivity index (χ1n) is 3.79. The van der Waals surface area contributed by atoms with Crippen molar-refractivity contribution in [3.63, 3.8) is 0 Å². The van der Waals surface area contributed by atoms with Gasteiger partial charge in [-0.25, -0.2) is 0 Å². The summed E-state index contributed by atoms with van der Waals surface area (Å²) in [5.74, 6) is 0. The maximum atomic E-state index is 10.0. The van der Waals surface area contributed by atoms with E-state index in [2.05, 4.69) is 31.9 Å². The summed E-state index contributed by atoms with van der Waals surface area (Å²) in [4.78, 5) is 10.0. The van der Waals surface area contributed by atoms with Crippen LogP contribution in [0, 0.1) is 0 Å². The third kappa shape index (κ3) is 3.44. The van der Waals surface area contributed by atoms with E-state index in [0.717, 1.165) is 20.8 Å². The van der Waals surface area contributed by atoms with Crippen LogP contribution in [0.4, 0.5) is 0 Å². The van der Waals surface area contributed by atoms with Crippen molar-refractivity contribution in [3.05, 3.63) is 38.8 Å². The summed E-state index contributed by atoms with van der Waals surface area (Å²) in [6, 6.07) is 5.94. The van der Waals surface area contributed by atoms with Gasteiger partial charge in [0.25, 0.3) is 0 Å². The van der Waals surface area contributed by atoms with Gasteiger partial charge in [-0.2, -0.15) is 0 Å². The zero-order chi connectivity index (χ0) is 9.68. The number of hydrogen-bond donors (Lipinski definition) is 0. The van der Waals surface area contributed by atoms with Crippen LogP contribution in [-0.2, 0) is 4.79 Å². The Bertz CT molecular complexity index is 332. The number of hydrogen-bond acceptors (Lipinski definition) is 1. The molecule has 0 N–H and O–H groups in total. The fourth-order valence-corrected chi connectivity index (χ4v) is 1.52. The third-order valence-electron chi connectivity index (χ3n) is 1.49. The standard InChI is InChI=1S/C10H8Br2O/c11-9-5-4-8(7-10(9)12)3-1-2-6-13/h1,3-7H,2H2. The minimum Gasteiger partial charge on any atom is -0.303 e. The number of carbonyl (C=O) groups excluding carboxylic acids is 1. The Morgan fingerprint density at radius 2 is 2.00 bits per heavy atom. The highest BCUT2D eigenvalue weighted by Gasteiger charge is 1.94. The fraction of sp³-hybridized carbons (Fsp3) is 0.100. The summed E-state index contributed by atoms with van der Waals surface area (Å²) in [6.07, 6.45) is 5.10. The fourth-order valence-electron chi connectivity index (χ4n) is 0.876. The maximum Gasteiger partial charge on any atom is 0.123 e. The Labute approximate surface area is 94.1 Å². The molecule has 68 valence electrons. The molecule has 1 aromatic carbocycles. The average molecular weight is 304 g/mol. The van der Waals surface area contributed by atoms with E-state index >= 15 is 0 Å². The lowest BCUT2D eigenvalue weighted by molar-refractivity contribution is -0.107. The maximum absolute atomic E-state index is 10.0. The molecule has 0 aliphatic carbocycles. The van der Waals surface area contributed by atoms with Crippen LogP contribution in [0.3, 0.4) is 0 Å². The van der Waals surface area contributed by atoms with Gasteiger partial charge in [0, 0.05) is 15.4 Å². The van der Waals surface area contributed by atoms with Crippen LogP contribution in [0.5, 0.6) is 0 Å². The zero-order valence-electron chi connectivity index (χ0n) is 6.84. The van der Waals surface area contributed by atoms with Crippen LogP contribution in [0.25, 0.3) is 6.08 Å². The van der Waals surface area contributed by atoms with Crippen LogP contribution in [-0.4, -0.2) is 6.29 Å². The summed E-state index contributed by atoms with van der Waals surface area (Å²) in [7, 11) is 0. The van der Waals surface area contributed by atoms with Crippen LogP contribution >= 0.6 is 31.9 Å². The molecule has 1 rings (SSSR count). The highest BCUT2D eigenvalue weighted by Crippen LogP contribution is 2.24. The van der Waals surface area contributed by atoms with E-state index in [4.69, 9.17) is 0 Å². The Morgan fingerprint density at radius 1 is 1.23 bits per heavy atom. The van der Waals surface area contributed by atoms with Gasteiger partial charge in [-0.3, -0.25) is 0 Å². The van der Waals surface area contributed by atoms with Crippen LogP contribution < -0.4 is 0 Å². The van der Waals surface area contributed by atoms with Crippen molar-refractivity contribution in [2.24, 2.45) is 0 Å². The van der Waals surface area contributed by atoms with E-state index in [0.29, 0.717) is 6.42 Å². The topological polar surface area (TPSA) is 17.1 Å². The molecule has 1 aromatic rings. The van der Waals surface area contributed by atoms with Crippen molar-refractivity contribution in [2.45, 2.75) is 6.42 Å². The predicted molar refractivity (Wildman–Crippen MR) is 61.6 cm³/mol. The first-order valence-corrected chi connectivity index (χ1v) is 5.38. The van der Waals surface area contributed by atoms with Gasteiger partial charge in [0.15, 0.2) is 0 Å². The molecule has 0 aliphatic rings. The lowest BCUT2D eigenvalue weighted by Gasteiger charge is -1.97. The SMILES string of the molecule is O=CCC=Cc1ccc(Br)c(Br)c1. The van der Waals surface area contributed by atoms with Gasteiger partial charge >= 0.3 is 0 Å².